The lowest BCUT2D eigenvalue weighted by molar-refractivity contribution is 0.306. The zero-order valence-corrected chi connectivity index (χ0v) is 12.5. The molecule has 0 aliphatic rings. The van der Waals surface area contributed by atoms with Crippen molar-refractivity contribution in [3.8, 4) is 17.2 Å². The van der Waals surface area contributed by atoms with Crippen molar-refractivity contribution in [3.05, 3.63) is 48.7 Å². The molecule has 0 bridgehead atoms. The second-order valence-electron chi connectivity index (χ2n) is 5.17. The van der Waals surface area contributed by atoms with Crippen molar-refractivity contribution < 1.29 is 18.8 Å². The topological polar surface area (TPSA) is 107 Å². The van der Waals surface area contributed by atoms with Crippen LogP contribution in [0.2, 0.25) is 0 Å². The van der Waals surface area contributed by atoms with Crippen molar-refractivity contribution >= 4 is 27.9 Å². The Morgan fingerprint density at radius 2 is 2.08 bits per heavy atom. The van der Waals surface area contributed by atoms with E-state index in [0.29, 0.717) is 22.8 Å². The molecule has 2 aromatic carbocycles. The molecule has 0 saturated heterocycles. The first kappa shape index (κ1) is 14.1. The molecule has 0 aliphatic carbocycles. The van der Waals surface area contributed by atoms with Crippen LogP contribution in [0.3, 0.4) is 0 Å². The fourth-order valence-electron chi connectivity index (χ4n) is 2.44. The maximum Gasteiger partial charge on any atom is 0.231 e. The van der Waals surface area contributed by atoms with Gasteiger partial charge in [-0.05, 0) is 30.3 Å². The van der Waals surface area contributed by atoms with Crippen LogP contribution in [-0.2, 0) is 0 Å². The Morgan fingerprint density at radius 3 is 2.92 bits per heavy atom. The average Bonchev–Trinajstić information content (AvgIpc) is 3.22. The molecule has 0 radical (unpaired) electrons. The van der Waals surface area contributed by atoms with E-state index in [2.05, 4.69) is 10.1 Å². The van der Waals surface area contributed by atoms with Gasteiger partial charge in [-0.3, -0.25) is 0 Å². The third-order valence-electron chi connectivity index (χ3n) is 3.58. The van der Waals surface area contributed by atoms with Gasteiger partial charge in [0.15, 0.2) is 11.4 Å². The number of rotatable bonds is 4. The number of hydrogen-bond donors (Lipinski definition) is 2. The fraction of sp³-hybridized carbons (Fsp3) is 0.0588. The highest BCUT2D eigenvalue weighted by molar-refractivity contribution is 5.94. The Morgan fingerprint density at radius 1 is 1.21 bits per heavy atom. The summed E-state index contributed by atoms with van der Waals surface area (Å²) in [6.45, 7) is -0.0158. The van der Waals surface area contributed by atoms with Crippen LogP contribution in [-0.4, -0.2) is 22.6 Å². The van der Waals surface area contributed by atoms with E-state index in [1.807, 2.05) is 24.3 Å². The van der Waals surface area contributed by atoms with E-state index in [-0.39, 0.29) is 12.4 Å². The van der Waals surface area contributed by atoms with Gasteiger partial charge >= 0.3 is 0 Å². The normalized spacial score (nSPS) is 12.1. The van der Waals surface area contributed by atoms with Crippen molar-refractivity contribution in [2.24, 2.45) is 10.9 Å². The van der Waals surface area contributed by atoms with E-state index in [9.17, 15) is 0 Å². The third-order valence-corrected chi connectivity index (χ3v) is 3.58. The maximum absolute atomic E-state index is 8.56. The largest absolute Gasteiger partial charge is 0.486 e. The number of hydrogen-bond acceptors (Lipinski definition) is 6. The van der Waals surface area contributed by atoms with Crippen molar-refractivity contribution in [1.29, 1.82) is 0 Å². The van der Waals surface area contributed by atoms with Crippen LogP contribution in [0.25, 0.3) is 33.5 Å². The minimum absolute atomic E-state index is 0.0125. The summed E-state index contributed by atoms with van der Waals surface area (Å²) in [6, 6.07) is 12.9. The van der Waals surface area contributed by atoms with Crippen LogP contribution < -0.4 is 10.5 Å². The summed E-state index contributed by atoms with van der Waals surface area (Å²) >= 11 is 0. The highest BCUT2D eigenvalue weighted by Gasteiger charge is 2.15. The van der Waals surface area contributed by atoms with Crippen LogP contribution in [0.1, 0.15) is 0 Å². The zero-order chi connectivity index (χ0) is 16.5. The van der Waals surface area contributed by atoms with Crippen molar-refractivity contribution in [2.45, 2.75) is 0 Å². The van der Waals surface area contributed by atoms with Crippen LogP contribution in [0.4, 0.5) is 0 Å². The van der Waals surface area contributed by atoms with Gasteiger partial charge in [-0.2, -0.15) is 0 Å². The molecule has 2 aromatic heterocycles. The van der Waals surface area contributed by atoms with Crippen molar-refractivity contribution in [1.82, 2.24) is 4.98 Å². The van der Waals surface area contributed by atoms with Gasteiger partial charge in [0.05, 0.1) is 5.56 Å². The van der Waals surface area contributed by atoms with E-state index in [1.165, 1.54) is 0 Å². The molecule has 3 N–H and O–H groups in total. The van der Waals surface area contributed by atoms with Gasteiger partial charge in [-0.25, -0.2) is 4.98 Å². The molecule has 0 unspecified atom stereocenters. The molecule has 24 heavy (non-hydrogen) atoms. The summed E-state index contributed by atoms with van der Waals surface area (Å²) in [6.07, 6.45) is 1.60. The van der Waals surface area contributed by atoms with Gasteiger partial charge in [-0.15, -0.1) is 0 Å². The third kappa shape index (κ3) is 2.41. The molecular formula is C17H13N3O4. The number of oxime groups is 1. The lowest BCUT2D eigenvalue weighted by atomic mass is 10.1. The number of aromatic nitrogens is 1. The number of nitrogens with two attached hydrogens (primary N) is 1. The monoisotopic (exact) mass is 323 g/mol. The lowest BCUT2D eigenvalue weighted by Crippen LogP contribution is -2.20. The van der Waals surface area contributed by atoms with E-state index in [4.69, 9.17) is 24.5 Å². The van der Waals surface area contributed by atoms with Crippen LogP contribution in [0.15, 0.2) is 62.7 Å². The fourth-order valence-corrected chi connectivity index (χ4v) is 2.44. The lowest BCUT2D eigenvalue weighted by Gasteiger charge is -2.04. The first-order valence-electron chi connectivity index (χ1n) is 7.21. The van der Waals surface area contributed by atoms with E-state index < -0.39 is 0 Å². The molecule has 120 valence electrons. The molecule has 2 heterocycles. The molecule has 7 nitrogen and oxygen atoms in total. The standard InChI is InChI=1S/C17H13N3O4/c18-16(20-21)9-22-10-5-6-14-11(7-10)12(8-23-14)17-19-13-3-1-2-4-15(13)24-17/h1-8,21H,9H2,(H2,18,20). The number of oxazole rings is 1. The Labute approximate surface area is 135 Å². The summed E-state index contributed by atoms with van der Waals surface area (Å²) < 4.78 is 16.8. The number of fused-ring (bicyclic) bond motifs is 2. The van der Waals surface area contributed by atoms with Crippen molar-refractivity contribution in [2.75, 3.05) is 6.61 Å². The molecule has 0 saturated carbocycles. The van der Waals surface area contributed by atoms with Gasteiger partial charge < -0.3 is 24.5 Å². The van der Waals surface area contributed by atoms with Gasteiger partial charge in [0.2, 0.25) is 5.89 Å². The number of benzene rings is 2. The molecule has 4 aromatic rings. The molecule has 0 fully saturated rings. The quantitative estimate of drug-likeness (QED) is 0.258. The summed E-state index contributed by atoms with van der Waals surface area (Å²) in [5, 5.41) is 12.2. The zero-order valence-electron chi connectivity index (χ0n) is 12.5. The smallest absolute Gasteiger partial charge is 0.231 e. The highest BCUT2D eigenvalue weighted by Crippen LogP contribution is 2.34. The molecule has 0 aliphatic heterocycles. The van der Waals surface area contributed by atoms with Gasteiger partial charge in [-0.1, -0.05) is 17.3 Å². The number of nitrogens with zero attached hydrogens (tertiary/aromatic N) is 2. The Balaban J connectivity index is 1.75. The number of ether oxygens (including phenoxy) is 1. The predicted molar refractivity (Wildman–Crippen MR) is 88.1 cm³/mol. The van der Waals surface area contributed by atoms with E-state index in [1.54, 1.807) is 24.5 Å². The van der Waals surface area contributed by atoms with E-state index >= 15 is 0 Å². The minimum atomic E-state index is -0.0158. The maximum atomic E-state index is 8.56. The molecule has 0 atom stereocenters. The van der Waals surface area contributed by atoms with E-state index in [0.717, 1.165) is 16.5 Å². The molecule has 0 amide bonds. The number of para-hydroxylation sites is 2. The second-order valence-corrected chi connectivity index (χ2v) is 5.17. The summed E-state index contributed by atoms with van der Waals surface area (Å²) in [7, 11) is 0. The van der Waals surface area contributed by atoms with Crippen LogP contribution in [0, 0.1) is 0 Å². The Hall–Kier alpha value is -3.48. The molecule has 7 heteroatoms. The van der Waals surface area contributed by atoms with Gasteiger partial charge in [0.25, 0.3) is 0 Å². The number of amidine groups is 1. The average molecular weight is 323 g/mol. The summed E-state index contributed by atoms with van der Waals surface area (Å²) in [4.78, 5) is 4.48. The Bertz CT molecular complexity index is 1020. The summed E-state index contributed by atoms with van der Waals surface area (Å²) in [5.41, 5.74) is 8.31. The second kappa shape index (κ2) is 5.62. The van der Waals surface area contributed by atoms with Gasteiger partial charge in [0, 0.05) is 5.39 Å². The summed E-state index contributed by atoms with van der Waals surface area (Å²) in [5.74, 6) is 1.03. The van der Waals surface area contributed by atoms with Crippen molar-refractivity contribution in [3.63, 3.8) is 0 Å². The predicted octanol–water partition coefficient (Wildman–Crippen LogP) is 3.37. The molecule has 4 rings (SSSR count). The minimum Gasteiger partial charge on any atom is -0.486 e. The molecule has 0 spiro atoms. The number of furan rings is 1. The van der Waals surface area contributed by atoms with Gasteiger partial charge in [0.1, 0.15) is 29.7 Å². The first-order chi connectivity index (χ1) is 11.7. The SMILES string of the molecule is N/C(COc1ccc2occ(-c3nc4ccccc4o3)c2c1)=N/O. The van der Waals surface area contributed by atoms with Crippen LogP contribution >= 0.6 is 0 Å². The highest BCUT2D eigenvalue weighted by atomic mass is 16.5. The molecular weight excluding hydrogens is 310 g/mol. The first-order valence-corrected chi connectivity index (χ1v) is 7.21. The van der Waals surface area contributed by atoms with Crippen LogP contribution in [0.5, 0.6) is 5.75 Å². The Kier molecular flexibility index (Phi) is 3.31.